The molecule has 1 aromatic carbocycles. The maximum absolute atomic E-state index is 5.95. The van der Waals surface area contributed by atoms with Gasteiger partial charge in [0.1, 0.15) is 0 Å². The molecule has 2 rings (SSSR count). The molecular formula is C18H23ClN2. The molecule has 0 fully saturated rings. The number of hydrogen-bond donors (Lipinski definition) is 1. The van der Waals surface area contributed by atoms with E-state index in [-0.39, 0.29) is 12.1 Å². The van der Waals surface area contributed by atoms with Crippen molar-refractivity contribution in [3.63, 3.8) is 0 Å². The Balaban J connectivity index is 2.18. The number of hydrogen-bond acceptors (Lipinski definition) is 2. The lowest BCUT2D eigenvalue weighted by atomic mass is 9.98. The van der Waals surface area contributed by atoms with Gasteiger partial charge in [0.25, 0.3) is 0 Å². The van der Waals surface area contributed by atoms with Gasteiger partial charge in [-0.15, -0.1) is 0 Å². The third-order valence-electron chi connectivity index (χ3n) is 3.89. The van der Waals surface area contributed by atoms with Crippen LogP contribution in [-0.2, 0) is 0 Å². The van der Waals surface area contributed by atoms with E-state index >= 15 is 0 Å². The van der Waals surface area contributed by atoms with Crippen LogP contribution in [0.4, 0.5) is 0 Å². The van der Waals surface area contributed by atoms with E-state index in [1.807, 2.05) is 19.1 Å². The molecule has 2 nitrogen and oxygen atoms in total. The van der Waals surface area contributed by atoms with E-state index in [9.17, 15) is 0 Å². The van der Waals surface area contributed by atoms with Crippen molar-refractivity contribution in [3.8, 4) is 0 Å². The maximum Gasteiger partial charge on any atom is 0.0426 e. The molecule has 1 N–H and O–H groups in total. The van der Waals surface area contributed by atoms with Gasteiger partial charge in [0.05, 0.1) is 0 Å². The number of nitrogens with zero attached hydrogens (tertiary/aromatic N) is 1. The molecule has 0 bridgehead atoms. The molecule has 0 saturated heterocycles. The van der Waals surface area contributed by atoms with Crippen molar-refractivity contribution in [1.29, 1.82) is 0 Å². The molecule has 2 aromatic rings. The Morgan fingerprint density at radius 2 is 1.62 bits per heavy atom. The third-order valence-corrected chi connectivity index (χ3v) is 4.14. The van der Waals surface area contributed by atoms with Crippen molar-refractivity contribution in [1.82, 2.24) is 10.3 Å². The highest BCUT2D eigenvalue weighted by Gasteiger charge is 2.16. The van der Waals surface area contributed by atoms with Crippen LogP contribution in [0.1, 0.15) is 54.0 Å². The molecule has 3 heteroatoms. The highest BCUT2D eigenvalue weighted by Crippen LogP contribution is 2.25. The van der Waals surface area contributed by atoms with Crippen molar-refractivity contribution in [3.05, 3.63) is 63.4 Å². The average molecular weight is 303 g/mol. The van der Waals surface area contributed by atoms with Gasteiger partial charge in [-0.3, -0.25) is 4.98 Å². The third kappa shape index (κ3) is 3.84. The Morgan fingerprint density at radius 1 is 1.00 bits per heavy atom. The molecule has 0 aliphatic carbocycles. The van der Waals surface area contributed by atoms with Gasteiger partial charge in [0.15, 0.2) is 0 Å². The van der Waals surface area contributed by atoms with E-state index in [0.29, 0.717) is 0 Å². The van der Waals surface area contributed by atoms with E-state index < -0.39 is 0 Å². The van der Waals surface area contributed by atoms with Gasteiger partial charge in [-0.05, 0) is 69.5 Å². The molecule has 0 aliphatic rings. The van der Waals surface area contributed by atoms with Gasteiger partial charge in [-0.25, -0.2) is 0 Å². The summed E-state index contributed by atoms with van der Waals surface area (Å²) in [5, 5.41) is 4.42. The molecule has 0 saturated carbocycles. The molecule has 2 atom stereocenters. The highest BCUT2D eigenvalue weighted by atomic mass is 35.5. The van der Waals surface area contributed by atoms with Crippen LogP contribution in [-0.4, -0.2) is 4.98 Å². The zero-order chi connectivity index (χ0) is 15.6. The Kier molecular flexibility index (Phi) is 5.02. The highest BCUT2D eigenvalue weighted by molar-refractivity contribution is 6.30. The van der Waals surface area contributed by atoms with E-state index in [2.05, 4.69) is 56.2 Å². The summed E-state index contributed by atoms with van der Waals surface area (Å²) in [6.07, 6.45) is 0. The molecule has 1 aromatic heterocycles. The lowest BCUT2D eigenvalue weighted by molar-refractivity contribution is 0.490. The minimum absolute atomic E-state index is 0.253. The minimum atomic E-state index is 0.253. The predicted octanol–water partition coefficient (Wildman–Crippen LogP) is 5.07. The number of benzene rings is 1. The number of aryl methyl sites for hydroxylation is 3. The van der Waals surface area contributed by atoms with Crippen molar-refractivity contribution in [2.45, 2.75) is 46.7 Å². The van der Waals surface area contributed by atoms with Gasteiger partial charge in [0, 0.05) is 28.5 Å². The Labute approximate surface area is 132 Å². The van der Waals surface area contributed by atoms with Crippen LogP contribution in [0.15, 0.2) is 30.3 Å². The number of halogens is 1. The monoisotopic (exact) mass is 302 g/mol. The van der Waals surface area contributed by atoms with Crippen molar-refractivity contribution in [2.75, 3.05) is 0 Å². The van der Waals surface area contributed by atoms with E-state index in [4.69, 9.17) is 11.6 Å². The minimum Gasteiger partial charge on any atom is -0.304 e. The summed E-state index contributed by atoms with van der Waals surface area (Å²) < 4.78 is 0. The van der Waals surface area contributed by atoms with Gasteiger partial charge < -0.3 is 5.32 Å². The van der Waals surface area contributed by atoms with Crippen LogP contribution in [0, 0.1) is 20.8 Å². The topological polar surface area (TPSA) is 24.9 Å². The molecular weight excluding hydrogens is 280 g/mol. The Morgan fingerprint density at radius 3 is 2.19 bits per heavy atom. The number of nitrogens with one attached hydrogen (secondary N) is 1. The van der Waals surface area contributed by atoms with Crippen LogP contribution in [0.2, 0.25) is 5.02 Å². The molecule has 0 aliphatic heterocycles. The molecule has 0 spiro atoms. The van der Waals surface area contributed by atoms with Crippen molar-refractivity contribution < 1.29 is 0 Å². The van der Waals surface area contributed by atoms with Gasteiger partial charge in [0.2, 0.25) is 0 Å². The molecule has 0 amide bonds. The number of aromatic nitrogens is 1. The van der Waals surface area contributed by atoms with E-state index in [1.165, 1.54) is 16.7 Å². The maximum atomic E-state index is 5.95. The lowest BCUT2D eigenvalue weighted by Gasteiger charge is -2.23. The van der Waals surface area contributed by atoms with Gasteiger partial charge in [-0.2, -0.15) is 0 Å². The molecule has 1 unspecified atom stereocenters. The summed E-state index contributed by atoms with van der Waals surface area (Å²) in [6, 6.07) is 10.7. The SMILES string of the molecule is Cc1cc(C)c(C(C)N[C@@H](C)c2ccc(Cl)cc2)c(C)n1. The van der Waals surface area contributed by atoms with E-state index in [0.717, 1.165) is 16.4 Å². The molecule has 1 heterocycles. The number of pyridine rings is 1. The molecule has 21 heavy (non-hydrogen) atoms. The van der Waals surface area contributed by atoms with Crippen LogP contribution in [0.25, 0.3) is 0 Å². The first kappa shape index (κ1) is 16.0. The van der Waals surface area contributed by atoms with Crippen molar-refractivity contribution >= 4 is 11.6 Å². The van der Waals surface area contributed by atoms with Crippen LogP contribution >= 0.6 is 11.6 Å². The van der Waals surface area contributed by atoms with Gasteiger partial charge in [-0.1, -0.05) is 23.7 Å². The fraction of sp³-hybridized carbons (Fsp3) is 0.389. The standard InChI is InChI=1S/C18H23ClN2/c1-11-10-12(2)20-14(4)18(11)15(5)21-13(3)16-6-8-17(19)9-7-16/h6-10,13,15,21H,1-5H3/t13-,15?/m0/s1. The summed E-state index contributed by atoms with van der Waals surface area (Å²) >= 11 is 5.95. The average Bonchev–Trinajstić information content (AvgIpc) is 2.37. The lowest BCUT2D eigenvalue weighted by Crippen LogP contribution is -2.24. The first-order valence-electron chi connectivity index (χ1n) is 7.34. The quantitative estimate of drug-likeness (QED) is 0.852. The summed E-state index contributed by atoms with van der Waals surface area (Å²) in [7, 11) is 0. The summed E-state index contributed by atoms with van der Waals surface area (Å²) in [5.74, 6) is 0. The van der Waals surface area contributed by atoms with Crippen LogP contribution < -0.4 is 5.32 Å². The predicted molar refractivity (Wildman–Crippen MR) is 89.9 cm³/mol. The summed E-state index contributed by atoms with van der Waals surface area (Å²) in [5.41, 5.74) is 6.01. The fourth-order valence-corrected chi connectivity index (χ4v) is 3.12. The van der Waals surface area contributed by atoms with Gasteiger partial charge >= 0.3 is 0 Å². The smallest absolute Gasteiger partial charge is 0.0426 e. The number of rotatable bonds is 4. The molecule has 112 valence electrons. The van der Waals surface area contributed by atoms with Crippen LogP contribution in [0.5, 0.6) is 0 Å². The normalized spacial score (nSPS) is 14.0. The largest absolute Gasteiger partial charge is 0.304 e. The van der Waals surface area contributed by atoms with Crippen molar-refractivity contribution in [2.24, 2.45) is 0 Å². The zero-order valence-electron chi connectivity index (χ0n) is 13.4. The first-order valence-corrected chi connectivity index (χ1v) is 7.72. The first-order chi connectivity index (χ1) is 9.88. The van der Waals surface area contributed by atoms with Crippen LogP contribution in [0.3, 0.4) is 0 Å². The second-order valence-corrected chi connectivity index (χ2v) is 6.18. The second-order valence-electron chi connectivity index (χ2n) is 5.74. The fourth-order valence-electron chi connectivity index (χ4n) is 2.99. The summed E-state index contributed by atoms with van der Waals surface area (Å²) in [4.78, 5) is 4.59. The second kappa shape index (κ2) is 6.59. The Hall–Kier alpha value is -1.38. The summed E-state index contributed by atoms with van der Waals surface area (Å²) in [6.45, 7) is 10.6. The zero-order valence-corrected chi connectivity index (χ0v) is 14.1. The Bertz CT molecular complexity index is 597. The molecule has 0 radical (unpaired) electrons. The van der Waals surface area contributed by atoms with E-state index in [1.54, 1.807) is 0 Å².